The van der Waals surface area contributed by atoms with Gasteiger partial charge in [-0.1, -0.05) is 44.5 Å². The molecule has 3 fully saturated rings. The van der Waals surface area contributed by atoms with Crippen LogP contribution in [0.25, 0.3) is 11.2 Å². The Morgan fingerprint density at radius 1 is 1.05 bits per heavy atom. The summed E-state index contributed by atoms with van der Waals surface area (Å²) in [5.41, 5.74) is 2.07. The second-order valence-electron chi connectivity index (χ2n) is 11.3. The Balaban J connectivity index is 0.000000470. The second kappa shape index (κ2) is 10.8. The summed E-state index contributed by atoms with van der Waals surface area (Å²) in [7, 11) is 1.78. The van der Waals surface area contributed by atoms with Gasteiger partial charge in [-0.05, 0) is 42.5 Å². The Morgan fingerprint density at radius 2 is 1.68 bits per heavy atom. The Hall–Kier alpha value is -3.54. The van der Waals surface area contributed by atoms with Gasteiger partial charge in [-0.2, -0.15) is 13.2 Å². The molecule has 1 amide bonds. The van der Waals surface area contributed by atoms with Crippen molar-refractivity contribution in [2.45, 2.75) is 58.4 Å². The molecule has 216 valence electrons. The summed E-state index contributed by atoms with van der Waals surface area (Å²) in [5, 5.41) is 7.62. The number of imidazole rings is 1. The number of piperidine rings is 2. The summed E-state index contributed by atoms with van der Waals surface area (Å²) in [6, 6.07) is 11.6. The predicted octanol–water partition coefficient (Wildman–Crippen LogP) is 4.56. The molecule has 2 aromatic heterocycles. The van der Waals surface area contributed by atoms with Crippen LogP contribution in [0.1, 0.15) is 44.0 Å². The fourth-order valence-electron chi connectivity index (χ4n) is 5.20. The minimum Gasteiger partial charge on any atom is -0.475 e. The molecule has 0 spiro atoms. The number of piperazine rings is 1. The zero-order valence-corrected chi connectivity index (χ0v) is 23.3. The van der Waals surface area contributed by atoms with Gasteiger partial charge < -0.3 is 14.9 Å². The van der Waals surface area contributed by atoms with Crippen molar-refractivity contribution in [2.75, 3.05) is 18.0 Å². The molecule has 40 heavy (non-hydrogen) atoms. The maximum Gasteiger partial charge on any atom is 0.490 e. The first kappa shape index (κ1) is 29.4. The van der Waals surface area contributed by atoms with Crippen LogP contribution in [-0.4, -0.2) is 67.4 Å². The van der Waals surface area contributed by atoms with Crippen LogP contribution in [-0.2, 0) is 18.4 Å². The molecule has 1 aromatic carbocycles. The van der Waals surface area contributed by atoms with E-state index in [9.17, 15) is 22.8 Å². The van der Waals surface area contributed by atoms with Crippen LogP contribution in [0.5, 0.6) is 0 Å². The SMILES string of the molecule is Cn1c(=O)n(CC(C)(C)C)c2ccc(N3CC4CCC3CN4C(=O)c3ccccc3Cl)nc21.O=C(O)C(F)(F)F. The molecule has 2 unspecified atom stereocenters. The van der Waals surface area contributed by atoms with E-state index < -0.39 is 12.1 Å². The highest BCUT2D eigenvalue weighted by atomic mass is 35.5. The number of fused-ring (bicyclic) bond motifs is 4. The first-order chi connectivity index (χ1) is 18.6. The van der Waals surface area contributed by atoms with Gasteiger partial charge >= 0.3 is 17.8 Å². The normalized spacial score (nSPS) is 19.0. The van der Waals surface area contributed by atoms with Crippen molar-refractivity contribution in [3.8, 4) is 0 Å². The van der Waals surface area contributed by atoms with Gasteiger partial charge in [0.1, 0.15) is 5.82 Å². The molecule has 0 radical (unpaired) electrons. The lowest BCUT2D eigenvalue weighted by molar-refractivity contribution is -0.192. The van der Waals surface area contributed by atoms with Crippen molar-refractivity contribution in [2.24, 2.45) is 12.5 Å². The molecule has 1 N–H and O–H groups in total. The number of benzene rings is 1. The fourth-order valence-corrected chi connectivity index (χ4v) is 5.41. The number of hydrogen-bond acceptors (Lipinski definition) is 5. The molecule has 3 aliphatic rings. The van der Waals surface area contributed by atoms with Crippen LogP contribution in [0, 0.1) is 5.41 Å². The monoisotopic (exact) mass is 581 g/mol. The minimum absolute atomic E-state index is 0.0000135. The number of aliphatic carboxylic acids is 1. The fraction of sp³-hybridized carbons (Fsp3) is 0.481. The van der Waals surface area contributed by atoms with Crippen molar-refractivity contribution in [3.63, 3.8) is 0 Å². The van der Waals surface area contributed by atoms with E-state index in [1.165, 1.54) is 0 Å². The molecular formula is C27H31ClF3N5O4. The summed E-state index contributed by atoms with van der Waals surface area (Å²) in [6.07, 6.45) is -3.10. The molecule has 9 nitrogen and oxygen atoms in total. The number of pyridine rings is 1. The quantitative estimate of drug-likeness (QED) is 0.487. The number of amides is 1. The van der Waals surface area contributed by atoms with Gasteiger partial charge in [0.05, 0.1) is 16.1 Å². The first-order valence-corrected chi connectivity index (χ1v) is 13.1. The van der Waals surface area contributed by atoms with Crippen LogP contribution < -0.4 is 10.6 Å². The molecule has 13 heteroatoms. The smallest absolute Gasteiger partial charge is 0.475 e. The number of aryl methyl sites for hydroxylation is 1. The van der Waals surface area contributed by atoms with Gasteiger partial charge in [0.15, 0.2) is 5.65 Å². The maximum absolute atomic E-state index is 13.2. The Bertz CT molecular complexity index is 1490. The van der Waals surface area contributed by atoms with E-state index in [2.05, 4.69) is 25.7 Å². The van der Waals surface area contributed by atoms with Crippen molar-refractivity contribution in [3.05, 3.63) is 57.5 Å². The number of carbonyl (C=O) groups is 2. The largest absolute Gasteiger partial charge is 0.490 e. The second-order valence-corrected chi connectivity index (χ2v) is 11.7. The number of aromatic nitrogens is 3. The van der Waals surface area contributed by atoms with Crippen LogP contribution in [0.4, 0.5) is 19.0 Å². The third kappa shape index (κ3) is 5.96. The Labute approximate surface area is 233 Å². The lowest BCUT2D eigenvalue weighted by atomic mass is 9.90. The van der Waals surface area contributed by atoms with Gasteiger partial charge in [-0.25, -0.2) is 14.6 Å². The molecule has 0 saturated carbocycles. The predicted molar refractivity (Wildman–Crippen MR) is 145 cm³/mol. The van der Waals surface area contributed by atoms with E-state index in [0.29, 0.717) is 29.3 Å². The van der Waals surface area contributed by atoms with E-state index in [4.69, 9.17) is 26.5 Å². The summed E-state index contributed by atoms with van der Waals surface area (Å²) < 4.78 is 35.2. The van der Waals surface area contributed by atoms with Crippen molar-refractivity contribution in [1.29, 1.82) is 0 Å². The highest BCUT2D eigenvalue weighted by Gasteiger charge is 2.42. The lowest BCUT2D eigenvalue weighted by Crippen LogP contribution is -2.64. The van der Waals surface area contributed by atoms with Crippen LogP contribution in [0.3, 0.4) is 0 Å². The standard InChI is InChI=1S/C25H30ClN5O2.C2HF3O2/c1-25(2,3)15-31-20-11-12-21(27-22(20)28(4)24(31)33)29-13-17-10-9-16(29)14-30(17)23(32)18-7-5-6-8-19(18)26;3-2(4,5)1(6)7/h5-8,11-12,16-17H,9-10,13-15H2,1-4H3;(H,6,7). The third-order valence-corrected chi connectivity index (χ3v) is 7.36. The number of hydrogen-bond donors (Lipinski definition) is 1. The topological polar surface area (TPSA) is 101 Å². The number of carboxylic acids is 1. The molecule has 2 bridgehead atoms. The molecule has 3 saturated heterocycles. The number of anilines is 1. The summed E-state index contributed by atoms with van der Waals surface area (Å²) in [5.74, 6) is -1.89. The lowest BCUT2D eigenvalue weighted by Gasteiger charge is -2.52. The van der Waals surface area contributed by atoms with Gasteiger partial charge in [0.25, 0.3) is 5.91 Å². The number of carbonyl (C=O) groups excluding carboxylic acids is 1. The zero-order valence-electron chi connectivity index (χ0n) is 22.6. The van der Waals surface area contributed by atoms with E-state index in [1.807, 2.05) is 33.7 Å². The molecule has 0 aliphatic carbocycles. The van der Waals surface area contributed by atoms with Crippen LogP contribution >= 0.6 is 11.6 Å². The molecular weight excluding hydrogens is 551 g/mol. The van der Waals surface area contributed by atoms with Gasteiger partial charge in [0.2, 0.25) is 0 Å². The molecule has 2 atom stereocenters. The van der Waals surface area contributed by atoms with Gasteiger partial charge in [0, 0.05) is 38.8 Å². The third-order valence-electron chi connectivity index (χ3n) is 7.03. The van der Waals surface area contributed by atoms with E-state index >= 15 is 0 Å². The highest BCUT2D eigenvalue weighted by Crippen LogP contribution is 2.34. The van der Waals surface area contributed by atoms with Crippen molar-refractivity contribution in [1.82, 2.24) is 19.0 Å². The maximum atomic E-state index is 13.2. The number of carboxylic acid groups (broad SMARTS) is 1. The molecule has 3 aromatic rings. The van der Waals surface area contributed by atoms with Gasteiger partial charge in [-0.15, -0.1) is 0 Å². The number of halogens is 4. The van der Waals surface area contributed by atoms with Crippen molar-refractivity contribution < 1.29 is 27.9 Å². The Morgan fingerprint density at radius 3 is 2.23 bits per heavy atom. The molecule has 6 rings (SSSR count). The van der Waals surface area contributed by atoms with E-state index in [-0.39, 0.29) is 29.1 Å². The van der Waals surface area contributed by atoms with E-state index in [1.54, 1.807) is 23.7 Å². The summed E-state index contributed by atoms with van der Waals surface area (Å²) >= 11 is 6.29. The van der Waals surface area contributed by atoms with Crippen LogP contribution in [0.15, 0.2) is 41.2 Å². The van der Waals surface area contributed by atoms with E-state index in [0.717, 1.165) is 30.7 Å². The number of rotatable bonds is 3. The highest BCUT2D eigenvalue weighted by molar-refractivity contribution is 6.33. The average Bonchev–Trinajstić information content (AvgIpc) is 3.11. The zero-order chi connectivity index (χ0) is 29.6. The molecule has 3 aliphatic heterocycles. The number of alkyl halides is 3. The summed E-state index contributed by atoms with van der Waals surface area (Å²) in [4.78, 5) is 44.2. The minimum atomic E-state index is -5.08. The summed E-state index contributed by atoms with van der Waals surface area (Å²) in [6.45, 7) is 8.40. The van der Waals surface area contributed by atoms with Crippen LogP contribution in [0.2, 0.25) is 5.02 Å². The number of nitrogens with zero attached hydrogens (tertiary/aromatic N) is 5. The first-order valence-electron chi connectivity index (χ1n) is 12.8. The van der Waals surface area contributed by atoms with Gasteiger partial charge in [-0.3, -0.25) is 13.9 Å². The molecule has 5 heterocycles. The Kier molecular flexibility index (Phi) is 7.94. The average molecular weight is 582 g/mol. The van der Waals surface area contributed by atoms with Crippen molar-refractivity contribution >= 4 is 40.5 Å².